The number of rotatable bonds is 5. The van der Waals surface area contributed by atoms with E-state index in [1.165, 1.54) is 0 Å². The van der Waals surface area contributed by atoms with E-state index in [1.807, 2.05) is 39.8 Å². The number of benzene rings is 1. The van der Waals surface area contributed by atoms with Gasteiger partial charge in [0.1, 0.15) is 0 Å². The van der Waals surface area contributed by atoms with Crippen molar-refractivity contribution in [1.29, 1.82) is 0 Å². The van der Waals surface area contributed by atoms with Crippen LogP contribution in [-0.4, -0.2) is 65.4 Å². The highest BCUT2D eigenvalue weighted by Crippen LogP contribution is 2.31. The summed E-state index contributed by atoms with van der Waals surface area (Å²) in [5.74, 6) is 0.0368. The molecule has 3 aliphatic heterocycles. The van der Waals surface area contributed by atoms with E-state index < -0.39 is 0 Å². The van der Waals surface area contributed by atoms with E-state index in [1.54, 1.807) is 6.07 Å². The van der Waals surface area contributed by atoms with Gasteiger partial charge in [-0.25, -0.2) is 0 Å². The van der Waals surface area contributed by atoms with Crippen LogP contribution in [0.25, 0.3) is 0 Å². The van der Waals surface area contributed by atoms with Crippen molar-refractivity contribution in [3.05, 3.63) is 28.8 Å². The molecule has 1 aromatic rings. The van der Waals surface area contributed by atoms with Gasteiger partial charge < -0.3 is 10.6 Å². The number of anilines is 1. The zero-order valence-corrected chi connectivity index (χ0v) is 17.3. The molecule has 3 fully saturated rings. The van der Waals surface area contributed by atoms with Crippen LogP contribution < -0.4 is 10.6 Å². The Labute approximate surface area is 166 Å². The largest absolute Gasteiger partial charge is 0.350 e. The predicted molar refractivity (Wildman–Crippen MR) is 108 cm³/mol. The summed E-state index contributed by atoms with van der Waals surface area (Å²) in [6.07, 6.45) is 1.11. The highest BCUT2D eigenvalue weighted by atomic mass is 35.5. The van der Waals surface area contributed by atoms with Gasteiger partial charge in [-0.1, -0.05) is 11.6 Å². The first-order chi connectivity index (χ1) is 12.6. The number of fused-ring (bicyclic) bond motifs is 2. The molecule has 1 aromatic carbocycles. The van der Waals surface area contributed by atoms with Crippen LogP contribution >= 0.6 is 11.6 Å². The second-order valence-electron chi connectivity index (χ2n) is 8.77. The number of piperazine rings is 1. The summed E-state index contributed by atoms with van der Waals surface area (Å²) >= 11 is 6.05. The van der Waals surface area contributed by atoms with Crippen molar-refractivity contribution in [3.8, 4) is 0 Å². The van der Waals surface area contributed by atoms with E-state index in [2.05, 4.69) is 20.4 Å². The molecule has 0 aromatic heterocycles. The summed E-state index contributed by atoms with van der Waals surface area (Å²) in [6.45, 7) is 10.4. The van der Waals surface area contributed by atoms with Gasteiger partial charge in [-0.05, 0) is 57.9 Å². The van der Waals surface area contributed by atoms with E-state index in [-0.39, 0.29) is 17.4 Å². The standard InChI is InChI=1S/C20H29ClN4O2/c1-13-5-14(21)7-15(6-13)22-18(26)11-24-9-16-8-17(10-24)25(16)12-19(27)23-20(2,3)4/h5-7,16-17H,8-12H2,1-4H3,(H,22,26)(H,23,27). The Morgan fingerprint density at radius 2 is 1.78 bits per heavy atom. The molecule has 6 nitrogen and oxygen atoms in total. The molecule has 148 valence electrons. The number of aryl methyl sites for hydroxylation is 1. The third-order valence-corrected chi connectivity index (χ3v) is 5.17. The molecular weight excluding hydrogens is 364 g/mol. The Balaban J connectivity index is 1.47. The van der Waals surface area contributed by atoms with Gasteiger partial charge in [0.05, 0.1) is 13.1 Å². The molecule has 3 saturated heterocycles. The van der Waals surface area contributed by atoms with Crippen molar-refractivity contribution in [2.75, 3.05) is 31.5 Å². The fourth-order valence-corrected chi connectivity index (χ4v) is 4.29. The number of amides is 2. The minimum Gasteiger partial charge on any atom is -0.350 e. The van der Waals surface area contributed by atoms with E-state index in [9.17, 15) is 9.59 Å². The third kappa shape index (κ3) is 5.43. The Hall–Kier alpha value is -1.63. The maximum absolute atomic E-state index is 12.4. The average molecular weight is 393 g/mol. The lowest BCUT2D eigenvalue weighted by Crippen LogP contribution is -2.70. The molecule has 0 radical (unpaired) electrons. The molecule has 3 aliphatic rings. The fourth-order valence-electron chi connectivity index (χ4n) is 4.00. The highest BCUT2D eigenvalue weighted by molar-refractivity contribution is 6.31. The molecule has 2 atom stereocenters. The summed E-state index contributed by atoms with van der Waals surface area (Å²) in [5, 5.41) is 6.56. The van der Waals surface area contributed by atoms with Crippen molar-refractivity contribution in [3.63, 3.8) is 0 Å². The molecule has 3 heterocycles. The molecule has 0 saturated carbocycles. The predicted octanol–water partition coefficient (Wildman–Crippen LogP) is 2.26. The normalized spacial score (nSPS) is 22.9. The van der Waals surface area contributed by atoms with Gasteiger partial charge in [-0.3, -0.25) is 19.4 Å². The van der Waals surface area contributed by atoms with Crippen molar-refractivity contribution in [1.82, 2.24) is 15.1 Å². The van der Waals surface area contributed by atoms with Gasteiger partial charge in [0, 0.05) is 41.4 Å². The van der Waals surface area contributed by atoms with E-state index in [0.717, 1.165) is 30.8 Å². The summed E-state index contributed by atoms with van der Waals surface area (Å²) in [7, 11) is 0. The first kappa shape index (κ1) is 20.1. The van der Waals surface area contributed by atoms with E-state index >= 15 is 0 Å². The summed E-state index contributed by atoms with van der Waals surface area (Å²) < 4.78 is 0. The number of nitrogens with one attached hydrogen (secondary N) is 2. The first-order valence-electron chi connectivity index (χ1n) is 9.45. The molecule has 4 rings (SSSR count). The van der Waals surface area contributed by atoms with Crippen LogP contribution in [0.3, 0.4) is 0 Å². The molecule has 2 N–H and O–H groups in total. The smallest absolute Gasteiger partial charge is 0.238 e. The van der Waals surface area contributed by atoms with Crippen LogP contribution in [0.2, 0.25) is 5.02 Å². The van der Waals surface area contributed by atoms with E-state index in [0.29, 0.717) is 30.2 Å². The Morgan fingerprint density at radius 3 is 2.37 bits per heavy atom. The Kier molecular flexibility index (Phi) is 5.79. The second kappa shape index (κ2) is 7.78. The number of hydrogen-bond acceptors (Lipinski definition) is 4. The quantitative estimate of drug-likeness (QED) is 0.806. The highest BCUT2D eigenvalue weighted by Gasteiger charge is 2.45. The van der Waals surface area contributed by atoms with Gasteiger partial charge in [0.25, 0.3) is 0 Å². The van der Waals surface area contributed by atoms with Crippen molar-refractivity contribution in [2.45, 2.75) is 51.7 Å². The third-order valence-electron chi connectivity index (χ3n) is 4.95. The molecule has 2 unspecified atom stereocenters. The van der Waals surface area contributed by atoms with Gasteiger partial charge in [0.2, 0.25) is 11.8 Å². The zero-order chi connectivity index (χ0) is 19.8. The number of nitrogens with zero attached hydrogens (tertiary/aromatic N) is 2. The minimum atomic E-state index is -0.208. The van der Waals surface area contributed by atoms with Gasteiger partial charge >= 0.3 is 0 Å². The number of carbonyl (C=O) groups is 2. The molecule has 7 heteroatoms. The van der Waals surface area contributed by atoms with Crippen LogP contribution in [0.1, 0.15) is 32.8 Å². The van der Waals surface area contributed by atoms with Crippen LogP contribution in [0.5, 0.6) is 0 Å². The lowest BCUT2D eigenvalue weighted by Gasteiger charge is -2.56. The molecule has 2 bridgehead atoms. The lowest BCUT2D eigenvalue weighted by molar-refractivity contribution is -0.134. The van der Waals surface area contributed by atoms with Crippen LogP contribution in [0.15, 0.2) is 18.2 Å². The Bertz CT molecular complexity index is 699. The number of halogens is 1. The zero-order valence-electron chi connectivity index (χ0n) is 16.5. The molecule has 0 aliphatic carbocycles. The van der Waals surface area contributed by atoms with Gasteiger partial charge in [-0.2, -0.15) is 0 Å². The SMILES string of the molecule is Cc1cc(Cl)cc(NC(=O)CN2CC3CC(C2)N3CC(=O)NC(C)(C)C)c1. The topological polar surface area (TPSA) is 64.7 Å². The Morgan fingerprint density at radius 1 is 1.11 bits per heavy atom. The fraction of sp³-hybridized carbons (Fsp3) is 0.600. The monoisotopic (exact) mass is 392 g/mol. The second-order valence-corrected chi connectivity index (χ2v) is 9.21. The number of hydrogen-bond donors (Lipinski definition) is 2. The number of carbonyl (C=O) groups excluding carboxylic acids is 2. The van der Waals surface area contributed by atoms with Crippen LogP contribution in [-0.2, 0) is 9.59 Å². The van der Waals surface area contributed by atoms with E-state index in [4.69, 9.17) is 11.6 Å². The van der Waals surface area contributed by atoms with Crippen molar-refractivity contribution >= 4 is 29.1 Å². The van der Waals surface area contributed by atoms with Gasteiger partial charge in [-0.15, -0.1) is 0 Å². The molecule has 27 heavy (non-hydrogen) atoms. The first-order valence-corrected chi connectivity index (χ1v) is 9.83. The van der Waals surface area contributed by atoms with Crippen molar-refractivity contribution < 1.29 is 9.59 Å². The summed E-state index contributed by atoms with van der Waals surface area (Å²) in [6, 6.07) is 6.24. The van der Waals surface area contributed by atoms with Gasteiger partial charge in [0.15, 0.2) is 0 Å². The average Bonchev–Trinajstić information content (AvgIpc) is 2.49. The maximum Gasteiger partial charge on any atom is 0.238 e. The lowest BCUT2D eigenvalue weighted by atomic mass is 9.87. The number of piperidine rings is 1. The minimum absolute atomic E-state index is 0.0324. The summed E-state index contributed by atoms with van der Waals surface area (Å²) in [5.41, 5.74) is 1.54. The van der Waals surface area contributed by atoms with Crippen LogP contribution in [0.4, 0.5) is 5.69 Å². The maximum atomic E-state index is 12.4. The van der Waals surface area contributed by atoms with Crippen molar-refractivity contribution in [2.24, 2.45) is 0 Å². The molecule has 0 spiro atoms. The van der Waals surface area contributed by atoms with Crippen LogP contribution in [0, 0.1) is 6.92 Å². The molecule has 2 amide bonds. The summed E-state index contributed by atoms with van der Waals surface area (Å²) in [4.78, 5) is 29.0. The molecular formula is C20H29ClN4O2.